The number of piperidine rings is 1. The van der Waals surface area contributed by atoms with Crippen LogP contribution in [0.15, 0.2) is 54.6 Å². The quantitative estimate of drug-likeness (QED) is 0.710. The number of esters is 1. The predicted octanol–water partition coefficient (Wildman–Crippen LogP) is 4.19. The molecule has 0 aromatic heterocycles. The first kappa shape index (κ1) is 19.0. The molecule has 0 N–H and O–H groups in total. The van der Waals surface area contributed by atoms with Gasteiger partial charge in [-0.25, -0.2) is 0 Å². The molecule has 28 heavy (non-hydrogen) atoms. The number of nitrogens with zero attached hydrogens (tertiary/aromatic N) is 1. The summed E-state index contributed by atoms with van der Waals surface area (Å²) in [4.78, 5) is 27.2. The summed E-state index contributed by atoms with van der Waals surface area (Å²) in [5.74, 6) is -0.0274. The van der Waals surface area contributed by atoms with E-state index in [-0.39, 0.29) is 30.1 Å². The van der Waals surface area contributed by atoms with Gasteiger partial charge in [0, 0.05) is 29.9 Å². The number of ether oxygens (including phenoxy) is 1. The van der Waals surface area contributed by atoms with E-state index in [1.165, 1.54) is 0 Å². The molecule has 0 spiro atoms. The van der Waals surface area contributed by atoms with Gasteiger partial charge in [0.05, 0.1) is 12.8 Å². The molecule has 4 nitrogen and oxygen atoms in total. The second-order valence-electron chi connectivity index (χ2n) is 7.73. The zero-order chi connectivity index (χ0) is 19.5. The molecule has 2 heterocycles. The lowest BCUT2D eigenvalue weighted by atomic mass is 9.98. The Kier molecular flexibility index (Phi) is 5.67. The molecular formula is C23H24ClNO3. The van der Waals surface area contributed by atoms with E-state index < -0.39 is 0 Å². The van der Waals surface area contributed by atoms with Crippen LogP contribution in [-0.2, 0) is 27.2 Å². The maximum atomic E-state index is 12.9. The van der Waals surface area contributed by atoms with E-state index in [1.807, 2.05) is 59.5 Å². The van der Waals surface area contributed by atoms with Gasteiger partial charge in [0.1, 0.15) is 6.10 Å². The minimum absolute atomic E-state index is 0.0895. The van der Waals surface area contributed by atoms with Crippen molar-refractivity contribution in [3.63, 3.8) is 0 Å². The Morgan fingerprint density at radius 1 is 0.893 bits per heavy atom. The third-order valence-corrected chi connectivity index (χ3v) is 5.99. The van der Waals surface area contributed by atoms with E-state index in [1.54, 1.807) is 0 Å². The van der Waals surface area contributed by atoms with Crippen LogP contribution in [0.3, 0.4) is 0 Å². The Bertz CT molecular complexity index is 823. The van der Waals surface area contributed by atoms with Gasteiger partial charge in [-0.1, -0.05) is 54.1 Å². The Labute approximate surface area is 170 Å². The van der Waals surface area contributed by atoms with Crippen molar-refractivity contribution in [2.45, 2.75) is 56.7 Å². The Balaban J connectivity index is 1.33. The second-order valence-corrected chi connectivity index (χ2v) is 8.17. The van der Waals surface area contributed by atoms with Gasteiger partial charge in [0.15, 0.2) is 0 Å². The van der Waals surface area contributed by atoms with E-state index >= 15 is 0 Å². The lowest BCUT2D eigenvalue weighted by Gasteiger charge is -2.38. The highest BCUT2D eigenvalue weighted by atomic mass is 35.5. The first-order chi connectivity index (χ1) is 13.6. The molecule has 2 aromatic carbocycles. The van der Waals surface area contributed by atoms with E-state index in [4.69, 9.17) is 16.3 Å². The monoisotopic (exact) mass is 397 g/mol. The van der Waals surface area contributed by atoms with Gasteiger partial charge in [0.25, 0.3) is 0 Å². The highest BCUT2D eigenvalue weighted by Crippen LogP contribution is 2.37. The molecule has 3 atom stereocenters. The number of hydrogen-bond acceptors (Lipinski definition) is 3. The number of hydrogen-bond donors (Lipinski definition) is 0. The number of carbonyl (C=O) groups is 2. The second kappa shape index (κ2) is 8.36. The van der Waals surface area contributed by atoms with Crippen LogP contribution in [0.4, 0.5) is 0 Å². The fourth-order valence-electron chi connectivity index (χ4n) is 4.49. The molecule has 5 heteroatoms. The minimum atomic E-state index is -0.184. The van der Waals surface area contributed by atoms with Crippen molar-refractivity contribution < 1.29 is 14.3 Å². The van der Waals surface area contributed by atoms with Crippen LogP contribution in [0, 0.1) is 0 Å². The molecule has 146 valence electrons. The van der Waals surface area contributed by atoms with Gasteiger partial charge < -0.3 is 9.64 Å². The molecule has 2 saturated heterocycles. The van der Waals surface area contributed by atoms with Crippen LogP contribution in [0.5, 0.6) is 0 Å². The zero-order valence-corrected chi connectivity index (χ0v) is 16.5. The van der Waals surface area contributed by atoms with E-state index in [0.717, 1.165) is 36.8 Å². The summed E-state index contributed by atoms with van der Waals surface area (Å²) < 4.78 is 5.74. The highest BCUT2D eigenvalue weighted by molar-refractivity contribution is 6.30. The molecule has 2 aromatic rings. The zero-order valence-electron chi connectivity index (χ0n) is 15.7. The summed E-state index contributed by atoms with van der Waals surface area (Å²) in [5, 5.41) is 0.675. The molecule has 2 aliphatic heterocycles. The summed E-state index contributed by atoms with van der Waals surface area (Å²) in [5.41, 5.74) is 1.94. The molecule has 1 amide bonds. The molecule has 1 unspecified atom stereocenters. The highest BCUT2D eigenvalue weighted by Gasteiger charge is 2.44. The molecule has 0 aliphatic carbocycles. The summed E-state index contributed by atoms with van der Waals surface area (Å²) in [6.07, 6.45) is 4.06. The Morgan fingerprint density at radius 3 is 2.14 bits per heavy atom. The normalized spacial score (nSPS) is 23.5. The molecule has 0 radical (unpaired) electrons. The molecular weight excluding hydrogens is 374 g/mol. The van der Waals surface area contributed by atoms with Crippen LogP contribution >= 0.6 is 11.6 Å². The molecule has 4 rings (SSSR count). The van der Waals surface area contributed by atoms with Gasteiger partial charge in [-0.05, 0) is 36.1 Å². The average Bonchev–Trinajstić information content (AvgIpc) is 2.95. The fourth-order valence-corrected chi connectivity index (χ4v) is 4.61. The average molecular weight is 398 g/mol. The van der Waals surface area contributed by atoms with Crippen LogP contribution in [0.1, 0.15) is 36.8 Å². The number of fused-ring (bicyclic) bond motifs is 2. The topological polar surface area (TPSA) is 46.6 Å². The molecule has 2 fully saturated rings. The smallest absolute Gasteiger partial charge is 0.310 e. The van der Waals surface area contributed by atoms with Crippen molar-refractivity contribution in [3.8, 4) is 0 Å². The van der Waals surface area contributed by atoms with Crippen molar-refractivity contribution in [1.29, 1.82) is 0 Å². The van der Waals surface area contributed by atoms with Crippen LogP contribution in [0.2, 0.25) is 5.02 Å². The Morgan fingerprint density at radius 2 is 1.50 bits per heavy atom. The number of carbonyl (C=O) groups excluding carboxylic acids is 2. The number of halogens is 1. The van der Waals surface area contributed by atoms with Crippen LogP contribution in [0.25, 0.3) is 0 Å². The van der Waals surface area contributed by atoms with Crippen molar-refractivity contribution in [3.05, 3.63) is 70.7 Å². The van der Waals surface area contributed by atoms with Gasteiger partial charge in [0.2, 0.25) is 5.91 Å². The van der Waals surface area contributed by atoms with Crippen LogP contribution in [-0.4, -0.2) is 35.0 Å². The summed E-state index contributed by atoms with van der Waals surface area (Å²) in [7, 11) is 0. The SMILES string of the molecule is O=C(Cc1ccccc1)OC1C[C@H]2CC[C@@H](C1)N2C(=O)Cc1ccc(Cl)cc1. The molecule has 2 bridgehead atoms. The van der Waals surface area contributed by atoms with Crippen molar-refractivity contribution in [2.75, 3.05) is 0 Å². The van der Waals surface area contributed by atoms with Crippen molar-refractivity contribution in [1.82, 2.24) is 4.90 Å². The van der Waals surface area contributed by atoms with Gasteiger partial charge >= 0.3 is 5.97 Å². The lowest BCUT2D eigenvalue weighted by Crippen LogP contribution is -2.49. The maximum absolute atomic E-state index is 12.9. The first-order valence-corrected chi connectivity index (χ1v) is 10.3. The predicted molar refractivity (Wildman–Crippen MR) is 108 cm³/mol. The van der Waals surface area contributed by atoms with Crippen molar-refractivity contribution >= 4 is 23.5 Å². The fraction of sp³-hybridized carbons (Fsp3) is 0.391. The number of amides is 1. The van der Waals surface area contributed by atoms with E-state index in [2.05, 4.69) is 0 Å². The Hall–Kier alpha value is -2.33. The van der Waals surface area contributed by atoms with Gasteiger partial charge in [-0.3, -0.25) is 9.59 Å². The first-order valence-electron chi connectivity index (χ1n) is 9.87. The largest absolute Gasteiger partial charge is 0.462 e. The lowest BCUT2D eigenvalue weighted by molar-refractivity contribution is -0.153. The third-order valence-electron chi connectivity index (χ3n) is 5.74. The standard InChI is InChI=1S/C23H24ClNO3/c24-18-8-6-17(7-9-18)12-22(26)25-19-10-11-20(25)15-21(14-19)28-23(27)13-16-4-2-1-3-5-16/h1-9,19-21H,10-15H2/t19-,20+,21?. The van der Waals surface area contributed by atoms with Gasteiger partial charge in [-0.2, -0.15) is 0 Å². The van der Waals surface area contributed by atoms with E-state index in [0.29, 0.717) is 17.9 Å². The number of benzene rings is 2. The third kappa shape index (κ3) is 4.39. The molecule has 2 aliphatic rings. The number of rotatable bonds is 5. The maximum Gasteiger partial charge on any atom is 0.310 e. The van der Waals surface area contributed by atoms with E-state index in [9.17, 15) is 9.59 Å². The van der Waals surface area contributed by atoms with Crippen molar-refractivity contribution in [2.24, 2.45) is 0 Å². The van der Waals surface area contributed by atoms with Gasteiger partial charge in [-0.15, -0.1) is 0 Å². The summed E-state index contributed by atoms with van der Waals surface area (Å²) in [6.45, 7) is 0. The van der Waals surface area contributed by atoms with Crippen LogP contribution < -0.4 is 0 Å². The minimum Gasteiger partial charge on any atom is -0.462 e. The molecule has 0 saturated carbocycles. The summed E-state index contributed by atoms with van der Waals surface area (Å²) >= 11 is 5.93. The summed E-state index contributed by atoms with van der Waals surface area (Å²) in [6, 6.07) is 17.4.